The lowest BCUT2D eigenvalue weighted by Crippen LogP contribution is -2.42. The molecule has 0 saturated carbocycles. The first-order chi connectivity index (χ1) is 9.89. The van der Waals surface area contributed by atoms with Gasteiger partial charge in [-0.2, -0.15) is 0 Å². The van der Waals surface area contributed by atoms with Crippen LogP contribution in [0.3, 0.4) is 0 Å². The standard InChI is InChI=1S/C16H34N2O2S/c1-15(2)9-6-4-5-7-11-17-13-16-10-8-12-18(14-16)21(3,19)20/h15-17H,4-14H2,1-3H3. The van der Waals surface area contributed by atoms with E-state index in [9.17, 15) is 8.42 Å². The summed E-state index contributed by atoms with van der Waals surface area (Å²) in [6.45, 7) is 7.98. The van der Waals surface area contributed by atoms with E-state index in [1.54, 1.807) is 4.31 Å². The number of hydrogen-bond acceptors (Lipinski definition) is 3. The number of hydrogen-bond donors (Lipinski definition) is 1. The molecule has 1 atom stereocenters. The molecule has 1 aliphatic rings. The molecule has 0 bridgehead atoms. The highest BCUT2D eigenvalue weighted by molar-refractivity contribution is 7.88. The van der Waals surface area contributed by atoms with Crippen LogP contribution in [-0.2, 0) is 10.0 Å². The van der Waals surface area contributed by atoms with Crippen molar-refractivity contribution in [3.05, 3.63) is 0 Å². The Morgan fingerprint density at radius 1 is 1.19 bits per heavy atom. The minimum absolute atomic E-state index is 0.481. The Morgan fingerprint density at radius 2 is 1.90 bits per heavy atom. The molecule has 0 aromatic carbocycles. The molecule has 1 saturated heterocycles. The molecule has 0 radical (unpaired) electrons. The average molecular weight is 319 g/mol. The summed E-state index contributed by atoms with van der Waals surface area (Å²) in [5, 5.41) is 3.51. The van der Waals surface area contributed by atoms with E-state index in [0.717, 1.165) is 31.8 Å². The lowest BCUT2D eigenvalue weighted by atomic mass is 9.99. The van der Waals surface area contributed by atoms with Crippen molar-refractivity contribution in [2.75, 3.05) is 32.4 Å². The Kier molecular flexibility index (Phi) is 8.83. The Hall–Kier alpha value is -0.130. The Labute approximate surface area is 131 Å². The Morgan fingerprint density at radius 3 is 2.57 bits per heavy atom. The van der Waals surface area contributed by atoms with Crippen LogP contribution in [-0.4, -0.2) is 45.2 Å². The third-order valence-corrected chi connectivity index (χ3v) is 5.54. The van der Waals surface area contributed by atoms with Crippen LogP contribution in [0.15, 0.2) is 0 Å². The third kappa shape index (κ3) is 8.79. The lowest BCUT2D eigenvalue weighted by Gasteiger charge is -2.31. The number of unbranched alkanes of at least 4 members (excludes halogenated alkanes) is 3. The molecule has 21 heavy (non-hydrogen) atoms. The van der Waals surface area contributed by atoms with Crippen LogP contribution in [0.2, 0.25) is 0 Å². The van der Waals surface area contributed by atoms with Gasteiger partial charge in [0.15, 0.2) is 0 Å². The minimum atomic E-state index is -3.01. The minimum Gasteiger partial charge on any atom is -0.316 e. The van der Waals surface area contributed by atoms with E-state index in [0.29, 0.717) is 19.0 Å². The number of piperidine rings is 1. The van der Waals surface area contributed by atoms with Gasteiger partial charge < -0.3 is 5.32 Å². The summed E-state index contributed by atoms with van der Waals surface area (Å²) in [4.78, 5) is 0. The van der Waals surface area contributed by atoms with Crippen LogP contribution < -0.4 is 5.32 Å². The van der Waals surface area contributed by atoms with Crippen molar-refractivity contribution < 1.29 is 8.42 Å². The van der Waals surface area contributed by atoms with Crippen molar-refractivity contribution in [1.82, 2.24) is 9.62 Å². The molecule has 1 N–H and O–H groups in total. The summed E-state index contributed by atoms with van der Waals surface area (Å²) in [7, 11) is -3.01. The normalized spacial score (nSPS) is 21.0. The van der Waals surface area contributed by atoms with Gasteiger partial charge in [0.1, 0.15) is 0 Å². The van der Waals surface area contributed by atoms with Crippen molar-refractivity contribution >= 4 is 10.0 Å². The molecule has 4 nitrogen and oxygen atoms in total. The average Bonchev–Trinajstić information content (AvgIpc) is 2.41. The van der Waals surface area contributed by atoms with Gasteiger partial charge >= 0.3 is 0 Å². The summed E-state index contributed by atoms with van der Waals surface area (Å²) in [5.74, 6) is 1.31. The summed E-state index contributed by atoms with van der Waals surface area (Å²) < 4.78 is 24.8. The lowest BCUT2D eigenvalue weighted by molar-refractivity contribution is 0.261. The van der Waals surface area contributed by atoms with Crippen molar-refractivity contribution in [3.63, 3.8) is 0 Å². The third-order valence-electron chi connectivity index (χ3n) is 4.27. The van der Waals surface area contributed by atoms with Crippen LogP contribution in [0, 0.1) is 11.8 Å². The fourth-order valence-electron chi connectivity index (χ4n) is 2.96. The molecule has 1 fully saturated rings. The summed E-state index contributed by atoms with van der Waals surface area (Å²) in [6.07, 6.45) is 10.0. The van der Waals surface area contributed by atoms with Crippen molar-refractivity contribution in [2.45, 2.75) is 58.8 Å². The predicted octanol–water partition coefficient (Wildman–Crippen LogP) is 2.85. The zero-order valence-corrected chi connectivity index (χ0v) is 14.9. The summed E-state index contributed by atoms with van der Waals surface area (Å²) >= 11 is 0. The zero-order valence-electron chi connectivity index (χ0n) is 14.1. The molecular formula is C16H34N2O2S. The van der Waals surface area contributed by atoms with Gasteiger partial charge in [0.05, 0.1) is 6.26 Å². The van der Waals surface area contributed by atoms with Crippen LogP contribution in [0.4, 0.5) is 0 Å². The highest BCUT2D eigenvalue weighted by Crippen LogP contribution is 2.18. The maximum absolute atomic E-state index is 11.6. The van der Waals surface area contributed by atoms with E-state index >= 15 is 0 Å². The van der Waals surface area contributed by atoms with Crippen LogP contribution in [0.25, 0.3) is 0 Å². The molecule has 1 aliphatic heterocycles. The molecule has 126 valence electrons. The second kappa shape index (κ2) is 9.80. The molecule has 0 aliphatic carbocycles. The molecule has 1 unspecified atom stereocenters. The van der Waals surface area contributed by atoms with Crippen LogP contribution >= 0.6 is 0 Å². The highest BCUT2D eigenvalue weighted by Gasteiger charge is 2.25. The van der Waals surface area contributed by atoms with Crippen molar-refractivity contribution in [1.29, 1.82) is 0 Å². The van der Waals surface area contributed by atoms with Gasteiger partial charge in [0.2, 0.25) is 10.0 Å². The number of nitrogens with zero attached hydrogens (tertiary/aromatic N) is 1. The second-order valence-corrected chi connectivity index (χ2v) is 8.91. The monoisotopic (exact) mass is 318 g/mol. The van der Waals surface area contributed by atoms with Gasteiger partial charge in [-0.15, -0.1) is 0 Å². The van der Waals surface area contributed by atoms with E-state index in [-0.39, 0.29) is 0 Å². The number of sulfonamides is 1. The Bertz CT molecular complexity index is 368. The van der Waals surface area contributed by atoms with Crippen LogP contribution in [0.5, 0.6) is 0 Å². The molecule has 0 amide bonds. The molecular weight excluding hydrogens is 284 g/mol. The fraction of sp³-hybridized carbons (Fsp3) is 1.00. The van der Waals surface area contributed by atoms with Gasteiger partial charge in [0, 0.05) is 13.1 Å². The smallest absolute Gasteiger partial charge is 0.211 e. The first kappa shape index (κ1) is 18.9. The molecule has 1 rings (SSSR count). The van der Waals surface area contributed by atoms with E-state index in [1.165, 1.54) is 38.4 Å². The largest absolute Gasteiger partial charge is 0.316 e. The van der Waals surface area contributed by atoms with Gasteiger partial charge in [0.25, 0.3) is 0 Å². The molecule has 0 aromatic heterocycles. The van der Waals surface area contributed by atoms with Gasteiger partial charge in [-0.25, -0.2) is 12.7 Å². The predicted molar refractivity (Wildman–Crippen MR) is 89.9 cm³/mol. The van der Waals surface area contributed by atoms with E-state index in [1.807, 2.05) is 0 Å². The maximum Gasteiger partial charge on any atom is 0.211 e. The highest BCUT2D eigenvalue weighted by atomic mass is 32.2. The Balaban J connectivity index is 2.02. The summed E-state index contributed by atoms with van der Waals surface area (Å²) in [5.41, 5.74) is 0. The molecule has 1 heterocycles. The topological polar surface area (TPSA) is 49.4 Å². The fourth-order valence-corrected chi connectivity index (χ4v) is 3.90. The first-order valence-electron chi connectivity index (χ1n) is 8.55. The quantitative estimate of drug-likeness (QED) is 0.630. The van der Waals surface area contributed by atoms with Gasteiger partial charge in [-0.05, 0) is 44.2 Å². The van der Waals surface area contributed by atoms with E-state index in [2.05, 4.69) is 19.2 Å². The van der Waals surface area contributed by atoms with E-state index < -0.39 is 10.0 Å². The zero-order chi connectivity index (χ0) is 15.7. The van der Waals surface area contributed by atoms with Gasteiger partial charge in [-0.3, -0.25) is 0 Å². The maximum atomic E-state index is 11.6. The van der Waals surface area contributed by atoms with Gasteiger partial charge in [-0.1, -0.05) is 39.5 Å². The summed E-state index contributed by atoms with van der Waals surface area (Å²) in [6, 6.07) is 0. The molecule has 5 heteroatoms. The molecule has 0 aromatic rings. The van der Waals surface area contributed by atoms with Crippen molar-refractivity contribution in [3.8, 4) is 0 Å². The number of rotatable bonds is 10. The first-order valence-corrected chi connectivity index (χ1v) is 10.4. The number of nitrogens with one attached hydrogen (secondary N) is 1. The molecule has 0 spiro atoms. The van der Waals surface area contributed by atoms with Crippen LogP contribution in [0.1, 0.15) is 58.8 Å². The van der Waals surface area contributed by atoms with E-state index in [4.69, 9.17) is 0 Å². The SMILES string of the molecule is CC(C)CCCCCCNCC1CCCN(S(C)(=O)=O)C1. The van der Waals surface area contributed by atoms with Crippen molar-refractivity contribution in [2.24, 2.45) is 11.8 Å². The second-order valence-electron chi connectivity index (χ2n) is 6.93.